The molecule has 0 aliphatic rings. The van der Waals surface area contributed by atoms with E-state index >= 15 is 0 Å². The van der Waals surface area contributed by atoms with Gasteiger partial charge in [-0.3, -0.25) is 0 Å². The fourth-order valence-electron chi connectivity index (χ4n) is 1.60. The first-order valence-electron chi connectivity index (χ1n) is 6.28. The Morgan fingerprint density at radius 2 is 1.72 bits per heavy atom. The van der Waals surface area contributed by atoms with E-state index in [-0.39, 0.29) is 0 Å². The van der Waals surface area contributed by atoms with Gasteiger partial charge >= 0.3 is 0 Å². The van der Waals surface area contributed by atoms with Gasteiger partial charge in [-0.05, 0) is 30.7 Å². The highest BCUT2D eigenvalue weighted by molar-refractivity contribution is 5.55. The molecule has 3 nitrogen and oxygen atoms in total. The second-order valence-electron chi connectivity index (χ2n) is 4.45. The largest absolute Gasteiger partial charge is 0.497 e. The van der Waals surface area contributed by atoms with Crippen LogP contribution >= 0.6 is 0 Å². The minimum Gasteiger partial charge on any atom is -0.497 e. The lowest BCUT2D eigenvalue weighted by atomic mass is 10.1. The van der Waals surface area contributed by atoms with Crippen LogP contribution in [0.1, 0.15) is 25.8 Å². The molecule has 1 N–H and O–H groups in total. The second-order valence-corrected chi connectivity index (χ2v) is 4.45. The minimum atomic E-state index is 0.537. The van der Waals surface area contributed by atoms with E-state index < -0.39 is 0 Å². The Bertz CT molecular complexity index is 364. The molecule has 0 atom stereocenters. The van der Waals surface area contributed by atoms with Gasteiger partial charge in [0.25, 0.3) is 0 Å². The number of hydrogen-bond acceptors (Lipinski definition) is 3. The van der Waals surface area contributed by atoms with E-state index in [1.165, 1.54) is 0 Å². The van der Waals surface area contributed by atoms with Gasteiger partial charge in [-0.25, -0.2) is 0 Å². The molecule has 0 unspecified atom stereocenters. The zero-order valence-electron chi connectivity index (χ0n) is 11.7. The lowest BCUT2D eigenvalue weighted by Gasteiger charge is -2.06. The molecular weight excluding hydrogens is 226 g/mol. The summed E-state index contributed by atoms with van der Waals surface area (Å²) in [5.74, 6) is 1.63. The molecule has 0 aromatic heterocycles. The molecule has 0 spiro atoms. The summed E-state index contributed by atoms with van der Waals surface area (Å²) in [6, 6.07) is 6.40. The fourth-order valence-corrected chi connectivity index (χ4v) is 1.60. The van der Waals surface area contributed by atoms with Crippen molar-refractivity contribution in [3.8, 4) is 11.5 Å². The maximum absolute atomic E-state index is 5.23. The summed E-state index contributed by atoms with van der Waals surface area (Å²) in [7, 11) is 3.32. The number of methoxy groups -OCH3 is 2. The molecule has 0 fully saturated rings. The van der Waals surface area contributed by atoms with Gasteiger partial charge in [-0.1, -0.05) is 26.0 Å². The summed E-state index contributed by atoms with van der Waals surface area (Å²) in [4.78, 5) is 0. The highest BCUT2D eigenvalue weighted by Crippen LogP contribution is 2.23. The Kier molecular flexibility index (Phi) is 6.29. The molecule has 0 radical (unpaired) electrons. The van der Waals surface area contributed by atoms with Crippen molar-refractivity contribution in [3.63, 3.8) is 0 Å². The number of hydrogen-bond donors (Lipinski definition) is 1. The maximum Gasteiger partial charge on any atom is 0.123 e. The molecule has 0 saturated heterocycles. The van der Waals surface area contributed by atoms with Crippen LogP contribution in [0.3, 0.4) is 0 Å². The Morgan fingerprint density at radius 3 is 2.22 bits per heavy atom. The maximum atomic E-state index is 5.23. The monoisotopic (exact) mass is 249 g/mol. The predicted molar refractivity (Wildman–Crippen MR) is 76.3 cm³/mol. The molecule has 0 aliphatic carbocycles. The first kappa shape index (κ1) is 14.6. The third-order valence-corrected chi connectivity index (χ3v) is 2.55. The van der Waals surface area contributed by atoms with Crippen LogP contribution in [-0.4, -0.2) is 26.8 Å². The van der Waals surface area contributed by atoms with Crippen molar-refractivity contribution in [3.05, 3.63) is 29.8 Å². The molecule has 0 bridgehead atoms. The van der Waals surface area contributed by atoms with Crippen molar-refractivity contribution >= 4 is 6.08 Å². The summed E-state index contributed by atoms with van der Waals surface area (Å²) < 4.78 is 10.5. The first-order valence-corrected chi connectivity index (χ1v) is 6.28. The number of benzene rings is 1. The van der Waals surface area contributed by atoms with Crippen molar-refractivity contribution < 1.29 is 9.47 Å². The van der Waals surface area contributed by atoms with Crippen LogP contribution in [-0.2, 0) is 0 Å². The zero-order valence-corrected chi connectivity index (χ0v) is 11.7. The van der Waals surface area contributed by atoms with E-state index in [0.717, 1.165) is 30.0 Å². The molecule has 1 aromatic rings. The van der Waals surface area contributed by atoms with Crippen LogP contribution in [0.15, 0.2) is 24.3 Å². The van der Waals surface area contributed by atoms with E-state index in [9.17, 15) is 0 Å². The summed E-state index contributed by atoms with van der Waals surface area (Å²) in [6.45, 7) is 5.29. The van der Waals surface area contributed by atoms with E-state index in [0.29, 0.717) is 6.04 Å². The molecule has 18 heavy (non-hydrogen) atoms. The van der Waals surface area contributed by atoms with Gasteiger partial charge in [0, 0.05) is 12.1 Å². The zero-order chi connectivity index (χ0) is 13.4. The quantitative estimate of drug-likeness (QED) is 0.753. The Labute approximate surface area is 110 Å². The molecular formula is C15H23NO2. The van der Waals surface area contributed by atoms with Crippen LogP contribution in [0.25, 0.3) is 6.08 Å². The topological polar surface area (TPSA) is 30.5 Å². The predicted octanol–water partition coefficient (Wildman–Crippen LogP) is 3.11. The standard InChI is InChI=1S/C15H23NO2/c1-12(2)16-8-6-5-7-13-9-14(17-3)11-15(10-13)18-4/h5,7,9-12,16H,6,8H2,1-4H3. The van der Waals surface area contributed by atoms with Crippen molar-refractivity contribution in [2.24, 2.45) is 0 Å². The van der Waals surface area contributed by atoms with Crippen molar-refractivity contribution in [1.29, 1.82) is 0 Å². The molecule has 0 saturated carbocycles. The van der Waals surface area contributed by atoms with E-state index in [2.05, 4.69) is 31.3 Å². The van der Waals surface area contributed by atoms with Crippen molar-refractivity contribution in [1.82, 2.24) is 5.32 Å². The van der Waals surface area contributed by atoms with Gasteiger partial charge in [-0.2, -0.15) is 0 Å². The summed E-state index contributed by atoms with van der Waals surface area (Å²) in [5, 5.41) is 3.38. The van der Waals surface area contributed by atoms with Crippen LogP contribution in [0, 0.1) is 0 Å². The molecule has 1 rings (SSSR count). The number of nitrogens with one attached hydrogen (secondary N) is 1. The van der Waals surface area contributed by atoms with Crippen LogP contribution in [0.2, 0.25) is 0 Å². The fraction of sp³-hybridized carbons (Fsp3) is 0.467. The number of rotatable bonds is 7. The highest BCUT2D eigenvalue weighted by Gasteiger charge is 1.99. The van der Waals surface area contributed by atoms with E-state index in [4.69, 9.17) is 9.47 Å². The molecule has 0 amide bonds. The van der Waals surface area contributed by atoms with Gasteiger partial charge in [0.15, 0.2) is 0 Å². The molecule has 1 aromatic carbocycles. The Morgan fingerprint density at radius 1 is 1.11 bits per heavy atom. The van der Waals surface area contributed by atoms with Gasteiger partial charge in [0.05, 0.1) is 14.2 Å². The third-order valence-electron chi connectivity index (χ3n) is 2.55. The lowest BCUT2D eigenvalue weighted by molar-refractivity contribution is 0.394. The first-order chi connectivity index (χ1) is 8.65. The van der Waals surface area contributed by atoms with E-state index in [1.807, 2.05) is 18.2 Å². The normalized spacial score (nSPS) is 11.2. The van der Waals surface area contributed by atoms with Gasteiger partial charge < -0.3 is 14.8 Å². The molecule has 0 heterocycles. The third kappa shape index (κ3) is 5.23. The van der Waals surface area contributed by atoms with Crippen LogP contribution in [0.5, 0.6) is 11.5 Å². The van der Waals surface area contributed by atoms with Crippen LogP contribution in [0.4, 0.5) is 0 Å². The van der Waals surface area contributed by atoms with Crippen molar-refractivity contribution in [2.75, 3.05) is 20.8 Å². The highest BCUT2D eigenvalue weighted by atomic mass is 16.5. The minimum absolute atomic E-state index is 0.537. The second kappa shape index (κ2) is 7.77. The average molecular weight is 249 g/mol. The molecule has 100 valence electrons. The van der Waals surface area contributed by atoms with Gasteiger partial charge in [0.2, 0.25) is 0 Å². The van der Waals surface area contributed by atoms with Crippen LogP contribution < -0.4 is 14.8 Å². The SMILES string of the molecule is COc1cc(C=CCCNC(C)C)cc(OC)c1. The smallest absolute Gasteiger partial charge is 0.123 e. The lowest BCUT2D eigenvalue weighted by Crippen LogP contribution is -2.23. The Balaban J connectivity index is 2.57. The summed E-state index contributed by atoms with van der Waals surface area (Å²) in [6.07, 6.45) is 5.26. The van der Waals surface area contributed by atoms with Gasteiger partial charge in [-0.15, -0.1) is 0 Å². The number of ether oxygens (including phenoxy) is 2. The molecule has 3 heteroatoms. The summed E-state index contributed by atoms with van der Waals surface area (Å²) >= 11 is 0. The van der Waals surface area contributed by atoms with E-state index in [1.54, 1.807) is 14.2 Å². The molecule has 0 aliphatic heterocycles. The average Bonchev–Trinajstić information content (AvgIpc) is 2.37. The van der Waals surface area contributed by atoms with Crippen molar-refractivity contribution in [2.45, 2.75) is 26.3 Å². The Hall–Kier alpha value is -1.48. The summed E-state index contributed by atoms with van der Waals surface area (Å²) in [5.41, 5.74) is 1.09. The van der Waals surface area contributed by atoms with Gasteiger partial charge in [0.1, 0.15) is 11.5 Å².